The van der Waals surface area contributed by atoms with Crippen molar-refractivity contribution in [2.45, 2.75) is 26.2 Å². The lowest BCUT2D eigenvalue weighted by molar-refractivity contribution is 0.696. The molecule has 2 aromatic heterocycles. The van der Waals surface area contributed by atoms with Crippen molar-refractivity contribution in [3.8, 4) is 10.7 Å². The first-order valence-corrected chi connectivity index (χ1v) is 6.35. The molecule has 0 saturated heterocycles. The third-order valence-electron chi connectivity index (χ3n) is 2.71. The summed E-state index contributed by atoms with van der Waals surface area (Å²) in [4.78, 5) is 9.15. The molecule has 1 unspecified atom stereocenters. The SMILES string of the molecule is Cc1nc(-c2ccc[nH]2)sc1C(C)CCN. The summed E-state index contributed by atoms with van der Waals surface area (Å²) in [5, 5.41) is 1.07. The largest absolute Gasteiger partial charge is 0.359 e. The smallest absolute Gasteiger partial charge is 0.140 e. The molecule has 2 aromatic rings. The van der Waals surface area contributed by atoms with Gasteiger partial charge in [-0.2, -0.15) is 0 Å². The Labute approximate surface area is 99.7 Å². The Bertz CT molecular complexity index is 445. The molecule has 0 saturated carbocycles. The van der Waals surface area contributed by atoms with Gasteiger partial charge < -0.3 is 10.7 Å². The molecule has 1 atom stereocenters. The molecule has 0 aromatic carbocycles. The Hall–Kier alpha value is -1.13. The number of nitrogens with one attached hydrogen (secondary N) is 1. The van der Waals surface area contributed by atoms with Gasteiger partial charge in [-0.1, -0.05) is 6.92 Å². The summed E-state index contributed by atoms with van der Waals surface area (Å²) in [6.07, 6.45) is 2.95. The first kappa shape index (κ1) is 11.4. The van der Waals surface area contributed by atoms with E-state index in [-0.39, 0.29) is 0 Å². The van der Waals surface area contributed by atoms with Crippen LogP contribution >= 0.6 is 11.3 Å². The molecule has 2 heterocycles. The Morgan fingerprint density at radius 2 is 2.38 bits per heavy atom. The van der Waals surface area contributed by atoms with E-state index < -0.39 is 0 Å². The second kappa shape index (κ2) is 4.80. The van der Waals surface area contributed by atoms with Crippen molar-refractivity contribution in [3.63, 3.8) is 0 Å². The minimum Gasteiger partial charge on any atom is -0.359 e. The maximum Gasteiger partial charge on any atom is 0.140 e. The van der Waals surface area contributed by atoms with Crippen LogP contribution in [0.3, 0.4) is 0 Å². The third-order valence-corrected chi connectivity index (χ3v) is 4.13. The average molecular weight is 235 g/mol. The average Bonchev–Trinajstić information content (AvgIpc) is 2.86. The number of thiazole rings is 1. The predicted octanol–water partition coefficient (Wildman–Crippen LogP) is 2.90. The van der Waals surface area contributed by atoms with Gasteiger partial charge in [0.05, 0.1) is 11.4 Å². The lowest BCUT2D eigenvalue weighted by Gasteiger charge is -2.07. The fourth-order valence-electron chi connectivity index (χ4n) is 1.83. The van der Waals surface area contributed by atoms with Crippen LogP contribution in [0.15, 0.2) is 18.3 Å². The zero-order valence-corrected chi connectivity index (χ0v) is 10.5. The molecule has 3 N–H and O–H groups in total. The van der Waals surface area contributed by atoms with Gasteiger partial charge in [-0.3, -0.25) is 0 Å². The fraction of sp³-hybridized carbons (Fsp3) is 0.417. The van der Waals surface area contributed by atoms with Gasteiger partial charge >= 0.3 is 0 Å². The lowest BCUT2D eigenvalue weighted by atomic mass is 10.1. The number of nitrogens with zero attached hydrogens (tertiary/aromatic N) is 1. The molecule has 0 aliphatic heterocycles. The Balaban J connectivity index is 2.28. The molecule has 0 aliphatic carbocycles. The quantitative estimate of drug-likeness (QED) is 0.856. The first-order chi connectivity index (χ1) is 7.72. The van der Waals surface area contributed by atoms with Crippen LogP contribution in [0.5, 0.6) is 0 Å². The lowest BCUT2D eigenvalue weighted by Crippen LogP contribution is -2.04. The van der Waals surface area contributed by atoms with Crippen molar-refractivity contribution < 1.29 is 0 Å². The van der Waals surface area contributed by atoms with Crippen LogP contribution in [0.4, 0.5) is 0 Å². The van der Waals surface area contributed by atoms with Gasteiger partial charge in [0.1, 0.15) is 5.01 Å². The monoisotopic (exact) mass is 235 g/mol. The normalized spacial score (nSPS) is 12.9. The minimum atomic E-state index is 0.506. The van der Waals surface area contributed by atoms with Gasteiger partial charge in [-0.25, -0.2) is 4.98 Å². The molecule has 3 nitrogen and oxygen atoms in total. The number of hydrogen-bond donors (Lipinski definition) is 2. The van der Waals surface area contributed by atoms with Gasteiger partial charge in [0.2, 0.25) is 0 Å². The molecule has 86 valence electrons. The topological polar surface area (TPSA) is 54.7 Å². The second-order valence-corrected chi connectivity index (χ2v) is 5.06. The van der Waals surface area contributed by atoms with E-state index in [4.69, 9.17) is 5.73 Å². The predicted molar refractivity (Wildman–Crippen MR) is 68.7 cm³/mol. The van der Waals surface area contributed by atoms with E-state index in [0.717, 1.165) is 29.4 Å². The third kappa shape index (κ3) is 2.18. The number of H-pyrrole nitrogens is 1. The van der Waals surface area contributed by atoms with Crippen LogP contribution in [0.25, 0.3) is 10.7 Å². The zero-order valence-electron chi connectivity index (χ0n) is 9.66. The summed E-state index contributed by atoms with van der Waals surface area (Å²) in [7, 11) is 0. The van der Waals surface area contributed by atoms with Crippen molar-refractivity contribution in [3.05, 3.63) is 28.9 Å². The van der Waals surface area contributed by atoms with Gasteiger partial charge in [0.15, 0.2) is 0 Å². The second-order valence-electron chi connectivity index (χ2n) is 4.03. The van der Waals surface area contributed by atoms with Gasteiger partial charge in [0, 0.05) is 11.1 Å². The van der Waals surface area contributed by atoms with Crippen LogP contribution in [-0.2, 0) is 0 Å². The van der Waals surface area contributed by atoms with Crippen LogP contribution in [0, 0.1) is 6.92 Å². The molecule has 0 amide bonds. The molecule has 0 bridgehead atoms. The van der Waals surface area contributed by atoms with Crippen LogP contribution in [-0.4, -0.2) is 16.5 Å². The van der Waals surface area contributed by atoms with E-state index in [1.165, 1.54) is 4.88 Å². The molecule has 0 fully saturated rings. The van der Waals surface area contributed by atoms with E-state index in [1.54, 1.807) is 11.3 Å². The van der Waals surface area contributed by atoms with Crippen LogP contribution in [0.2, 0.25) is 0 Å². The highest BCUT2D eigenvalue weighted by molar-refractivity contribution is 7.15. The summed E-state index contributed by atoms with van der Waals surface area (Å²) < 4.78 is 0. The number of rotatable bonds is 4. The minimum absolute atomic E-state index is 0.506. The summed E-state index contributed by atoms with van der Waals surface area (Å²) in [5.41, 5.74) is 7.83. The van der Waals surface area contributed by atoms with E-state index >= 15 is 0 Å². The highest BCUT2D eigenvalue weighted by atomic mass is 32.1. The summed E-state index contributed by atoms with van der Waals surface area (Å²) in [6, 6.07) is 4.05. The molecular weight excluding hydrogens is 218 g/mol. The molecular formula is C12H17N3S. The number of aryl methyl sites for hydroxylation is 1. The van der Waals surface area contributed by atoms with Gasteiger partial charge in [-0.05, 0) is 37.9 Å². The first-order valence-electron chi connectivity index (χ1n) is 5.53. The molecule has 0 aliphatic rings. The van der Waals surface area contributed by atoms with Crippen molar-refractivity contribution in [2.24, 2.45) is 5.73 Å². The fourth-order valence-corrected chi connectivity index (χ4v) is 2.97. The van der Waals surface area contributed by atoms with Crippen molar-refractivity contribution in [1.29, 1.82) is 0 Å². The molecule has 0 radical (unpaired) electrons. The van der Waals surface area contributed by atoms with Crippen molar-refractivity contribution in [1.82, 2.24) is 9.97 Å². The number of aromatic amines is 1. The van der Waals surface area contributed by atoms with E-state index in [0.29, 0.717) is 5.92 Å². The Morgan fingerprint density at radius 3 is 3.00 bits per heavy atom. The number of hydrogen-bond acceptors (Lipinski definition) is 3. The summed E-state index contributed by atoms with van der Waals surface area (Å²) in [6.45, 7) is 5.02. The highest BCUT2D eigenvalue weighted by Gasteiger charge is 2.14. The van der Waals surface area contributed by atoms with E-state index in [1.807, 2.05) is 12.3 Å². The Kier molecular flexibility index (Phi) is 3.41. The maximum absolute atomic E-state index is 5.60. The molecule has 2 rings (SSSR count). The van der Waals surface area contributed by atoms with Crippen LogP contribution in [0.1, 0.15) is 29.8 Å². The summed E-state index contributed by atoms with van der Waals surface area (Å²) >= 11 is 1.77. The molecule has 16 heavy (non-hydrogen) atoms. The Morgan fingerprint density at radius 1 is 1.56 bits per heavy atom. The highest BCUT2D eigenvalue weighted by Crippen LogP contribution is 2.32. The standard InChI is InChI=1S/C12H17N3S/c1-8(5-6-13)11-9(2)15-12(16-11)10-4-3-7-14-10/h3-4,7-8,14H,5-6,13H2,1-2H3. The van der Waals surface area contributed by atoms with Gasteiger partial charge in [0.25, 0.3) is 0 Å². The van der Waals surface area contributed by atoms with E-state index in [9.17, 15) is 0 Å². The van der Waals surface area contributed by atoms with Crippen molar-refractivity contribution in [2.75, 3.05) is 6.54 Å². The number of nitrogens with two attached hydrogens (primary N) is 1. The van der Waals surface area contributed by atoms with Crippen molar-refractivity contribution >= 4 is 11.3 Å². The number of aromatic nitrogens is 2. The summed E-state index contributed by atoms with van der Waals surface area (Å²) in [5.74, 6) is 0.506. The van der Waals surface area contributed by atoms with Gasteiger partial charge in [-0.15, -0.1) is 11.3 Å². The maximum atomic E-state index is 5.60. The van der Waals surface area contributed by atoms with Crippen LogP contribution < -0.4 is 5.73 Å². The molecule has 0 spiro atoms. The van der Waals surface area contributed by atoms with E-state index in [2.05, 4.69) is 29.9 Å². The zero-order chi connectivity index (χ0) is 11.5. The molecule has 4 heteroatoms.